The second kappa shape index (κ2) is 2.51. The predicted octanol–water partition coefficient (Wildman–Crippen LogP) is 1.57. The maximum absolute atomic E-state index is 5.78. The second-order valence-corrected chi connectivity index (χ2v) is 2.44. The average Bonchev–Trinajstić information content (AvgIpc) is 2.14. The van der Waals surface area contributed by atoms with Gasteiger partial charge in [0, 0.05) is 6.61 Å². The zero-order valence-corrected chi connectivity index (χ0v) is 5.40. The molecule has 2 heteroatoms. The van der Waals surface area contributed by atoms with Crippen molar-refractivity contribution in [2.75, 3.05) is 6.61 Å². The van der Waals surface area contributed by atoms with Crippen LogP contribution in [0.1, 0.15) is 6.42 Å². The molecule has 0 radical (unpaired) electrons. The molecule has 1 saturated heterocycles. The topological polar surface area (TPSA) is 9.23 Å². The number of alkyl halides is 1. The summed E-state index contributed by atoms with van der Waals surface area (Å²) in [5.41, 5.74) is 0. The Kier molecular flexibility index (Phi) is 1.92. The first-order valence-corrected chi connectivity index (χ1v) is 3.16. The molecule has 0 aromatic heterocycles. The molecule has 0 spiro atoms. The van der Waals surface area contributed by atoms with Crippen molar-refractivity contribution in [3.8, 4) is 0 Å². The Bertz CT molecular complexity index is 92.5. The average molecular weight is 133 g/mol. The molecule has 8 heavy (non-hydrogen) atoms. The van der Waals surface area contributed by atoms with Crippen molar-refractivity contribution in [1.82, 2.24) is 0 Å². The van der Waals surface area contributed by atoms with Crippen molar-refractivity contribution >= 4 is 11.6 Å². The van der Waals surface area contributed by atoms with Crippen LogP contribution in [0, 0.1) is 0 Å². The minimum Gasteiger partial charge on any atom is -0.373 e. The highest BCUT2D eigenvalue weighted by molar-refractivity contribution is 6.21. The minimum atomic E-state index is 0.0941. The first kappa shape index (κ1) is 6.12. The third kappa shape index (κ3) is 1.04. The van der Waals surface area contributed by atoms with Crippen LogP contribution in [0.4, 0.5) is 0 Å². The lowest BCUT2D eigenvalue weighted by molar-refractivity contribution is 0.147. The lowest BCUT2D eigenvalue weighted by Gasteiger charge is -2.04. The van der Waals surface area contributed by atoms with E-state index < -0.39 is 0 Å². The molecule has 1 aliphatic rings. The molecule has 0 aromatic carbocycles. The van der Waals surface area contributed by atoms with Gasteiger partial charge < -0.3 is 4.74 Å². The van der Waals surface area contributed by atoms with Crippen LogP contribution in [0.2, 0.25) is 0 Å². The molecule has 1 fully saturated rings. The SMILES string of the molecule is C=CC1OCCC1Cl. The van der Waals surface area contributed by atoms with Gasteiger partial charge in [-0.15, -0.1) is 18.2 Å². The first-order chi connectivity index (χ1) is 3.84. The number of hydrogen-bond acceptors (Lipinski definition) is 1. The van der Waals surface area contributed by atoms with Crippen LogP contribution >= 0.6 is 11.6 Å². The summed E-state index contributed by atoms with van der Waals surface area (Å²) in [5, 5.41) is 0.160. The summed E-state index contributed by atoms with van der Waals surface area (Å²) in [6.45, 7) is 4.37. The smallest absolute Gasteiger partial charge is 0.0917 e. The number of ether oxygens (including phenoxy) is 1. The molecule has 46 valence electrons. The van der Waals surface area contributed by atoms with E-state index in [1.54, 1.807) is 6.08 Å². The fourth-order valence-electron chi connectivity index (χ4n) is 0.801. The molecule has 2 unspecified atom stereocenters. The summed E-state index contributed by atoms with van der Waals surface area (Å²) in [6.07, 6.45) is 2.81. The molecular formula is C6H9ClO. The van der Waals surface area contributed by atoms with E-state index in [4.69, 9.17) is 16.3 Å². The van der Waals surface area contributed by atoms with Gasteiger partial charge in [0.05, 0.1) is 11.5 Å². The molecule has 1 aliphatic heterocycles. The van der Waals surface area contributed by atoms with Crippen molar-refractivity contribution < 1.29 is 4.74 Å². The molecule has 0 bridgehead atoms. The van der Waals surface area contributed by atoms with Crippen LogP contribution in [0.15, 0.2) is 12.7 Å². The van der Waals surface area contributed by atoms with E-state index in [0.29, 0.717) is 0 Å². The van der Waals surface area contributed by atoms with E-state index in [2.05, 4.69) is 6.58 Å². The zero-order chi connectivity index (χ0) is 5.98. The van der Waals surface area contributed by atoms with E-state index in [1.807, 2.05) is 0 Å². The Morgan fingerprint density at radius 2 is 2.50 bits per heavy atom. The molecule has 0 aliphatic carbocycles. The van der Waals surface area contributed by atoms with Gasteiger partial charge in [-0.3, -0.25) is 0 Å². The summed E-state index contributed by atoms with van der Waals surface area (Å²) >= 11 is 5.78. The highest BCUT2D eigenvalue weighted by Crippen LogP contribution is 2.19. The maximum atomic E-state index is 5.78. The third-order valence-corrected chi connectivity index (χ3v) is 1.76. The lowest BCUT2D eigenvalue weighted by atomic mass is 10.2. The van der Waals surface area contributed by atoms with Crippen molar-refractivity contribution in [2.45, 2.75) is 17.9 Å². The van der Waals surface area contributed by atoms with E-state index in [1.165, 1.54) is 0 Å². The molecular weight excluding hydrogens is 124 g/mol. The second-order valence-electron chi connectivity index (χ2n) is 1.88. The summed E-state index contributed by atoms with van der Waals surface area (Å²) in [7, 11) is 0. The van der Waals surface area contributed by atoms with Crippen LogP contribution in [-0.4, -0.2) is 18.1 Å². The standard InChI is InChI=1S/C6H9ClO/c1-2-6-5(7)3-4-8-6/h2,5-6H,1,3-4H2. The van der Waals surface area contributed by atoms with Crippen molar-refractivity contribution in [1.29, 1.82) is 0 Å². The Labute approximate surface area is 54.3 Å². The Morgan fingerprint density at radius 1 is 1.75 bits per heavy atom. The predicted molar refractivity (Wildman–Crippen MR) is 34.2 cm³/mol. The highest BCUT2D eigenvalue weighted by atomic mass is 35.5. The quantitative estimate of drug-likeness (QED) is 0.389. The first-order valence-electron chi connectivity index (χ1n) is 2.73. The fourth-order valence-corrected chi connectivity index (χ4v) is 1.07. The van der Waals surface area contributed by atoms with Crippen LogP contribution in [0.25, 0.3) is 0 Å². The summed E-state index contributed by atoms with van der Waals surface area (Å²) in [4.78, 5) is 0. The Morgan fingerprint density at radius 3 is 2.75 bits per heavy atom. The summed E-state index contributed by atoms with van der Waals surface area (Å²) in [5.74, 6) is 0. The van der Waals surface area contributed by atoms with Gasteiger partial charge in [-0.1, -0.05) is 6.08 Å². The molecule has 0 saturated carbocycles. The van der Waals surface area contributed by atoms with Crippen molar-refractivity contribution in [3.05, 3.63) is 12.7 Å². The van der Waals surface area contributed by atoms with Gasteiger partial charge in [0.2, 0.25) is 0 Å². The third-order valence-electron chi connectivity index (χ3n) is 1.29. The van der Waals surface area contributed by atoms with E-state index >= 15 is 0 Å². The van der Waals surface area contributed by atoms with Crippen LogP contribution in [0.3, 0.4) is 0 Å². The van der Waals surface area contributed by atoms with Crippen LogP contribution in [0.5, 0.6) is 0 Å². The van der Waals surface area contributed by atoms with Gasteiger partial charge in [-0.25, -0.2) is 0 Å². The maximum Gasteiger partial charge on any atom is 0.0917 e. The molecule has 0 aromatic rings. The number of halogens is 1. The van der Waals surface area contributed by atoms with Crippen LogP contribution < -0.4 is 0 Å². The van der Waals surface area contributed by atoms with Crippen molar-refractivity contribution in [2.24, 2.45) is 0 Å². The lowest BCUT2D eigenvalue weighted by Crippen LogP contribution is -2.10. The van der Waals surface area contributed by atoms with Gasteiger partial charge in [-0.05, 0) is 6.42 Å². The van der Waals surface area contributed by atoms with Gasteiger partial charge in [0.1, 0.15) is 0 Å². The van der Waals surface area contributed by atoms with Gasteiger partial charge in [0.25, 0.3) is 0 Å². The summed E-state index contributed by atoms with van der Waals surface area (Å²) < 4.78 is 5.16. The fraction of sp³-hybridized carbons (Fsp3) is 0.667. The van der Waals surface area contributed by atoms with E-state index in [-0.39, 0.29) is 11.5 Å². The molecule has 1 nitrogen and oxygen atoms in total. The minimum absolute atomic E-state index is 0.0941. The van der Waals surface area contributed by atoms with E-state index in [9.17, 15) is 0 Å². The van der Waals surface area contributed by atoms with Crippen molar-refractivity contribution in [3.63, 3.8) is 0 Å². The van der Waals surface area contributed by atoms with Crippen LogP contribution in [-0.2, 0) is 4.74 Å². The van der Waals surface area contributed by atoms with E-state index in [0.717, 1.165) is 13.0 Å². The molecule has 1 rings (SSSR count). The Balaban J connectivity index is 2.41. The monoisotopic (exact) mass is 132 g/mol. The number of rotatable bonds is 1. The number of hydrogen-bond donors (Lipinski definition) is 0. The Hall–Kier alpha value is -0.0100. The van der Waals surface area contributed by atoms with Gasteiger partial charge in [0.15, 0.2) is 0 Å². The molecule has 2 atom stereocenters. The summed E-state index contributed by atoms with van der Waals surface area (Å²) in [6, 6.07) is 0. The van der Waals surface area contributed by atoms with Gasteiger partial charge in [-0.2, -0.15) is 0 Å². The molecule has 0 N–H and O–H groups in total. The highest BCUT2D eigenvalue weighted by Gasteiger charge is 2.22. The molecule has 1 heterocycles. The zero-order valence-electron chi connectivity index (χ0n) is 4.64. The normalized spacial score (nSPS) is 37.6. The molecule has 0 amide bonds. The largest absolute Gasteiger partial charge is 0.373 e. The van der Waals surface area contributed by atoms with Gasteiger partial charge >= 0.3 is 0 Å².